The van der Waals surface area contributed by atoms with Gasteiger partial charge in [0.25, 0.3) is 5.91 Å². The fraction of sp³-hybridized carbons (Fsp3) is 0.286. The predicted molar refractivity (Wildman–Crippen MR) is 138 cm³/mol. The summed E-state index contributed by atoms with van der Waals surface area (Å²) in [6.07, 6.45) is 0.409. The molecule has 0 bridgehead atoms. The second-order valence-corrected chi connectivity index (χ2v) is 9.31. The van der Waals surface area contributed by atoms with E-state index in [-0.39, 0.29) is 18.4 Å². The number of rotatable bonds is 8. The molecule has 182 valence electrons. The highest BCUT2D eigenvalue weighted by Gasteiger charge is 2.35. The number of carbonyl (C=O) groups excluding carboxylic acids is 2. The molecule has 1 aliphatic heterocycles. The summed E-state index contributed by atoms with van der Waals surface area (Å²) in [7, 11) is 1.61. The second kappa shape index (κ2) is 12.0. The van der Waals surface area contributed by atoms with Gasteiger partial charge in [0.15, 0.2) is 0 Å². The molecule has 2 amide bonds. The molecule has 1 heterocycles. The molecule has 1 fully saturated rings. The van der Waals surface area contributed by atoms with Crippen molar-refractivity contribution < 1.29 is 19.1 Å². The standard InChI is InChI=1S/C28H29BrN2O4/c1-34-26-13-6-5-10-23(26)20-31(27(32)22-11-7-12-24(29)19-22)25(18-21-8-3-2-4-9-21)28(33)30-14-16-35-17-15-30/h2-13,19,25H,14-18,20H2,1H3. The van der Waals surface area contributed by atoms with Crippen LogP contribution in [0.4, 0.5) is 0 Å². The predicted octanol–water partition coefficient (Wildman–Crippen LogP) is 4.57. The number of benzene rings is 3. The first-order valence-electron chi connectivity index (χ1n) is 11.7. The Labute approximate surface area is 214 Å². The molecule has 0 aromatic heterocycles. The molecule has 0 aliphatic carbocycles. The first-order chi connectivity index (χ1) is 17.1. The van der Waals surface area contributed by atoms with Crippen LogP contribution in [0.1, 0.15) is 21.5 Å². The van der Waals surface area contributed by atoms with Gasteiger partial charge in [-0.15, -0.1) is 0 Å². The number of methoxy groups -OCH3 is 1. The maximum Gasteiger partial charge on any atom is 0.254 e. The largest absolute Gasteiger partial charge is 0.496 e. The molecule has 1 unspecified atom stereocenters. The van der Waals surface area contributed by atoms with E-state index in [0.29, 0.717) is 44.0 Å². The van der Waals surface area contributed by atoms with Gasteiger partial charge in [0.05, 0.1) is 26.9 Å². The summed E-state index contributed by atoms with van der Waals surface area (Å²) in [5.74, 6) is 0.395. The maximum absolute atomic E-state index is 14.0. The molecule has 0 saturated carbocycles. The normalized spacial score (nSPS) is 14.3. The number of para-hydroxylation sites is 1. The van der Waals surface area contributed by atoms with Gasteiger partial charge in [-0.1, -0.05) is 70.5 Å². The zero-order valence-electron chi connectivity index (χ0n) is 19.7. The molecule has 1 atom stereocenters. The monoisotopic (exact) mass is 536 g/mol. The Morgan fingerprint density at radius 2 is 1.71 bits per heavy atom. The van der Waals surface area contributed by atoms with Crippen LogP contribution in [-0.4, -0.2) is 61.1 Å². The Kier molecular flexibility index (Phi) is 8.55. The Morgan fingerprint density at radius 1 is 1.00 bits per heavy atom. The van der Waals surface area contributed by atoms with Crippen LogP contribution in [0.3, 0.4) is 0 Å². The Hall–Kier alpha value is -3.16. The van der Waals surface area contributed by atoms with Gasteiger partial charge in [-0.25, -0.2) is 0 Å². The zero-order valence-corrected chi connectivity index (χ0v) is 21.3. The summed E-state index contributed by atoms with van der Waals surface area (Å²) in [5, 5.41) is 0. The van der Waals surface area contributed by atoms with Crippen LogP contribution < -0.4 is 4.74 Å². The average molecular weight is 537 g/mol. The lowest BCUT2D eigenvalue weighted by Crippen LogP contribution is -2.54. The van der Waals surface area contributed by atoms with Crippen molar-refractivity contribution in [1.82, 2.24) is 9.80 Å². The highest BCUT2D eigenvalue weighted by molar-refractivity contribution is 9.10. The molecule has 7 heteroatoms. The third kappa shape index (κ3) is 6.29. The summed E-state index contributed by atoms with van der Waals surface area (Å²) < 4.78 is 11.8. The number of morpholine rings is 1. The highest BCUT2D eigenvalue weighted by atomic mass is 79.9. The molecule has 4 rings (SSSR count). The number of halogens is 1. The van der Waals surface area contributed by atoms with Crippen LogP contribution in [-0.2, 0) is 22.5 Å². The van der Waals surface area contributed by atoms with E-state index in [1.807, 2.05) is 66.7 Å². The molecule has 3 aromatic rings. The molecule has 35 heavy (non-hydrogen) atoms. The third-order valence-corrected chi connectivity index (χ3v) is 6.61. The van der Waals surface area contributed by atoms with Crippen LogP contribution in [0.15, 0.2) is 83.3 Å². The van der Waals surface area contributed by atoms with E-state index in [1.165, 1.54) is 0 Å². The number of carbonyl (C=O) groups is 2. The van der Waals surface area contributed by atoms with Gasteiger partial charge in [0.2, 0.25) is 5.91 Å². The van der Waals surface area contributed by atoms with E-state index in [9.17, 15) is 9.59 Å². The molecule has 0 spiro atoms. The van der Waals surface area contributed by atoms with Gasteiger partial charge >= 0.3 is 0 Å². The summed E-state index contributed by atoms with van der Waals surface area (Å²) in [5.41, 5.74) is 2.35. The Morgan fingerprint density at radius 3 is 2.43 bits per heavy atom. The fourth-order valence-electron chi connectivity index (χ4n) is 4.29. The number of ether oxygens (including phenoxy) is 2. The van der Waals surface area contributed by atoms with E-state index < -0.39 is 6.04 Å². The number of hydrogen-bond donors (Lipinski definition) is 0. The molecule has 3 aromatic carbocycles. The molecule has 0 N–H and O–H groups in total. The summed E-state index contributed by atoms with van der Waals surface area (Å²) in [4.78, 5) is 31.4. The lowest BCUT2D eigenvalue weighted by Gasteiger charge is -2.36. The number of hydrogen-bond acceptors (Lipinski definition) is 4. The number of amides is 2. The van der Waals surface area contributed by atoms with Crippen molar-refractivity contribution in [1.29, 1.82) is 0 Å². The highest BCUT2D eigenvalue weighted by Crippen LogP contribution is 2.25. The van der Waals surface area contributed by atoms with Crippen molar-refractivity contribution in [2.45, 2.75) is 19.0 Å². The van der Waals surface area contributed by atoms with Crippen molar-refractivity contribution >= 4 is 27.7 Å². The maximum atomic E-state index is 14.0. The molecule has 0 radical (unpaired) electrons. The smallest absolute Gasteiger partial charge is 0.254 e. The van der Waals surface area contributed by atoms with Gasteiger partial charge in [-0.05, 0) is 29.8 Å². The van der Waals surface area contributed by atoms with Gasteiger partial charge in [-0.3, -0.25) is 9.59 Å². The Balaban J connectivity index is 1.77. The van der Waals surface area contributed by atoms with E-state index in [0.717, 1.165) is 15.6 Å². The lowest BCUT2D eigenvalue weighted by atomic mass is 10.0. The van der Waals surface area contributed by atoms with E-state index in [4.69, 9.17) is 9.47 Å². The first kappa shape index (κ1) is 24.9. The van der Waals surface area contributed by atoms with Crippen molar-refractivity contribution in [3.63, 3.8) is 0 Å². The van der Waals surface area contributed by atoms with Crippen LogP contribution in [0.5, 0.6) is 5.75 Å². The van der Waals surface area contributed by atoms with E-state index in [1.54, 1.807) is 29.0 Å². The van der Waals surface area contributed by atoms with Gasteiger partial charge in [0, 0.05) is 35.1 Å². The average Bonchev–Trinajstić information content (AvgIpc) is 2.91. The summed E-state index contributed by atoms with van der Waals surface area (Å²) in [6.45, 7) is 2.25. The van der Waals surface area contributed by atoms with Crippen LogP contribution in [0, 0.1) is 0 Å². The summed E-state index contributed by atoms with van der Waals surface area (Å²) in [6, 6.07) is 24.0. The first-order valence-corrected chi connectivity index (χ1v) is 12.4. The van der Waals surface area contributed by atoms with Crippen LogP contribution >= 0.6 is 15.9 Å². The molecular formula is C28H29BrN2O4. The van der Waals surface area contributed by atoms with E-state index in [2.05, 4.69) is 15.9 Å². The second-order valence-electron chi connectivity index (χ2n) is 8.40. The Bertz CT molecular complexity index is 1150. The zero-order chi connectivity index (χ0) is 24.6. The van der Waals surface area contributed by atoms with Crippen LogP contribution in [0.25, 0.3) is 0 Å². The minimum atomic E-state index is -0.688. The van der Waals surface area contributed by atoms with Gasteiger partial charge in [-0.2, -0.15) is 0 Å². The van der Waals surface area contributed by atoms with Crippen LogP contribution in [0.2, 0.25) is 0 Å². The number of nitrogens with zero attached hydrogens (tertiary/aromatic N) is 2. The molecular weight excluding hydrogens is 508 g/mol. The molecule has 1 saturated heterocycles. The van der Waals surface area contributed by atoms with E-state index >= 15 is 0 Å². The quantitative estimate of drug-likeness (QED) is 0.423. The van der Waals surface area contributed by atoms with Crippen molar-refractivity contribution in [2.75, 3.05) is 33.4 Å². The SMILES string of the molecule is COc1ccccc1CN(C(=O)c1cccc(Br)c1)C(Cc1ccccc1)C(=O)N1CCOCC1. The molecule has 6 nitrogen and oxygen atoms in total. The lowest BCUT2D eigenvalue weighted by molar-refractivity contribution is -0.140. The summed E-state index contributed by atoms with van der Waals surface area (Å²) >= 11 is 3.47. The van der Waals surface area contributed by atoms with Crippen molar-refractivity contribution in [2.24, 2.45) is 0 Å². The van der Waals surface area contributed by atoms with Gasteiger partial charge in [0.1, 0.15) is 11.8 Å². The van der Waals surface area contributed by atoms with Gasteiger partial charge < -0.3 is 19.3 Å². The minimum absolute atomic E-state index is 0.0737. The molecule has 1 aliphatic rings. The minimum Gasteiger partial charge on any atom is -0.496 e. The van der Waals surface area contributed by atoms with Crippen molar-refractivity contribution in [3.05, 3.63) is 100 Å². The fourth-order valence-corrected chi connectivity index (χ4v) is 4.69. The van der Waals surface area contributed by atoms with Crippen molar-refractivity contribution in [3.8, 4) is 5.75 Å². The third-order valence-electron chi connectivity index (χ3n) is 6.12. The topological polar surface area (TPSA) is 59.1 Å².